The van der Waals surface area contributed by atoms with E-state index in [0.29, 0.717) is 11.5 Å². The van der Waals surface area contributed by atoms with Crippen LogP contribution < -0.4 is 0 Å². The molecule has 0 bridgehead atoms. The van der Waals surface area contributed by atoms with Crippen LogP contribution in [0.25, 0.3) is 11.1 Å². The van der Waals surface area contributed by atoms with Crippen molar-refractivity contribution in [2.24, 2.45) is 0 Å². The predicted octanol–water partition coefficient (Wildman–Crippen LogP) is 5.01. The molecule has 0 fully saturated rings. The maximum Gasteiger partial charge on any atom is 0.119 e. The van der Waals surface area contributed by atoms with Crippen molar-refractivity contribution in [1.82, 2.24) is 0 Å². The van der Waals surface area contributed by atoms with Crippen LogP contribution in [0.2, 0.25) is 0 Å². The highest BCUT2D eigenvalue weighted by Crippen LogP contribution is 2.41. The summed E-state index contributed by atoms with van der Waals surface area (Å²) >= 11 is 0. The molecule has 2 N–H and O–H groups in total. The molecule has 2 aromatic rings. The van der Waals surface area contributed by atoms with Gasteiger partial charge in [0.2, 0.25) is 0 Å². The Balaban J connectivity index is 2.76. The molecule has 0 saturated heterocycles. The third-order valence-corrected chi connectivity index (χ3v) is 3.61. The highest BCUT2D eigenvalue weighted by atomic mass is 16.3. The number of hydrogen-bond acceptors (Lipinski definition) is 2. The topological polar surface area (TPSA) is 40.5 Å². The Hall–Kier alpha value is -1.96. The van der Waals surface area contributed by atoms with Gasteiger partial charge in [-0.2, -0.15) is 0 Å². The van der Waals surface area contributed by atoms with Crippen LogP contribution in [0, 0.1) is 0 Å². The van der Waals surface area contributed by atoms with Crippen LogP contribution in [0.1, 0.15) is 50.7 Å². The zero-order valence-corrected chi connectivity index (χ0v) is 12.5. The second-order valence-electron chi connectivity index (χ2n) is 5.79. The summed E-state index contributed by atoms with van der Waals surface area (Å²) in [5, 5.41) is 20.3. The number of aromatic hydroxyl groups is 2. The number of rotatable bonds is 3. The number of phenols is 2. The number of hydrogen-bond donors (Lipinski definition) is 2. The van der Waals surface area contributed by atoms with Gasteiger partial charge in [-0.25, -0.2) is 0 Å². The summed E-state index contributed by atoms with van der Waals surface area (Å²) in [4.78, 5) is 0. The van der Waals surface area contributed by atoms with Crippen molar-refractivity contribution < 1.29 is 10.2 Å². The first-order valence-electron chi connectivity index (χ1n) is 7.07. The molecule has 0 spiro atoms. The van der Waals surface area contributed by atoms with Crippen molar-refractivity contribution in [1.29, 1.82) is 0 Å². The average molecular weight is 270 g/mol. The van der Waals surface area contributed by atoms with Crippen LogP contribution in [0.4, 0.5) is 0 Å². The highest BCUT2D eigenvalue weighted by Gasteiger charge is 2.18. The molecular formula is C18H22O2. The van der Waals surface area contributed by atoms with Gasteiger partial charge < -0.3 is 10.2 Å². The molecule has 106 valence electrons. The first kappa shape index (κ1) is 14.4. The van der Waals surface area contributed by atoms with Gasteiger partial charge in [0.25, 0.3) is 0 Å². The van der Waals surface area contributed by atoms with Gasteiger partial charge in [-0.3, -0.25) is 0 Å². The summed E-state index contributed by atoms with van der Waals surface area (Å²) in [6.45, 7) is 8.26. The molecule has 2 aromatic carbocycles. The molecule has 0 amide bonds. The minimum Gasteiger partial charge on any atom is -0.508 e. The molecular weight excluding hydrogens is 248 g/mol. The van der Waals surface area contributed by atoms with Crippen LogP contribution in [-0.4, -0.2) is 10.2 Å². The lowest BCUT2D eigenvalue weighted by atomic mass is 9.86. The van der Waals surface area contributed by atoms with E-state index in [1.54, 1.807) is 12.1 Å². The van der Waals surface area contributed by atoms with E-state index in [1.165, 1.54) is 0 Å². The zero-order chi connectivity index (χ0) is 14.9. The van der Waals surface area contributed by atoms with Gasteiger partial charge in [-0.1, -0.05) is 52.0 Å². The molecule has 0 unspecified atom stereocenters. The Morgan fingerprint density at radius 2 is 1.00 bits per heavy atom. The first-order valence-corrected chi connectivity index (χ1v) is 7.07. The van der Waals surface area contributed by atoms with Crippen molar-refractivity contribution in [2.75, 3.05) is 0 Å². The summed E-state index contributed by atoms with van der Waals surface area (Å²) in [5.74, 6) is 1.06. The van der Waals surface area contributed by atoms with Crippen LogP contribution in [0.5, 0.6) is 11.5 Å². The molecule has 0 heterocycles. The second-order valence-corrected chi connectivity index (χ2v) is 5.79. The maximum absolute atomic E-state index is 10.2. The summed E-state index contributed by atoms with van der Waals surface area (Å²) < 4.78 is 0. The summed E-state index contributed by atoms with van der Waals surface area (Å²) in [5.41, 5.74) is 3.86. The van der Waals surface area contributed by atoms with E-state index >= 15 is 0 Å². The lowest BCUT2D eigenvalue weighted by molar-refractivity contribution is 0.463. The summed E-state index contributed by atoms with van der Waals surface area (Å²) in [6.07, 6.45) is 0. The second kappa shape index (κ2) is 5.58. The van der Waals surface area contributed by atoms with Gasteiger partial charge in [0.1, 0.15) is 11.5 Å². The van der Waals surface area contributed by atoms with E-state index in [0.717, 1.165) is 22.3 Å². The third-order valence-electron chi connectivity index (χ3n) is 3.61. The fourth-order valence-electron chi connectivity index (χ4n) is 2.79. The van der Waals surface area contributed by atoms with Crippen LogP contribution in [0.15, 0.2) is 36.4 Å². The van der Waals surface area contributed by atoms with Crippen molar-refractivity contribution in [3.05, 3.63) is 47.5 Å². The SMILES string of the molecule is CC(C)c1c(O)cccc1-c1cccc(O)c1C(C)C. The number of phenolic OH excluding ortho intramolecular Hbond substituents is 2. The predicted molar refractivity (Wildman–Crippen MR) is 83.4 cm³/mol. The third kappa shape index (κ3) is 2.51. The minimum atomic E-state index is 0.216. The van der Waals surface area contributed by atoms with Crippen molar-refractivity contribution in [3.63, 3.8) is 0 Å². The van der Waals surface area contributed by atoms with Crippen LogP contribution >= 0.6 is 0 Å². The zero-order valence-electron chi connectivity index (χ0n) is 12.5. The smallest absolute Gasteiger partial charge is 0.119 e. The van der Waals surface area contributed by atoms with Crippen molar-refractivity contribution in [3.8, 4) is 22.6 Å². The van der Waals surface area contributed by atoms with Gasteiger partial charge in [-0.15, -0.1) is 0 Å². The Bertz CT molecular complexity index is 557. The van der Waals surface area contributed by atoms with Gasteiger partial charge in [0, 0.05) is 11.1 Å². The summed E-state index contributed by atoms with van der Waals surface area (Å²) in [6, 6.07) is 11.2. The molecule has 0 aliphatic rings. The van der Waals surface area contributed by atoms with E-state index in [-0.39, 0.29) is 11.8 Å². The van der Waals surface area contributed by atoms with Crippen molar-refractivity contribution in [2.45, 2.75) is 39.5 Å². The lowest BCUT2D eigenvalue weighted by Crippen LogP contribution is -1.98. The fraction of sp³-hybridized carbons (Fsp3) is 0.333. The van der Waals surface area contributed by atoms with Crippen molar-refractivity contribution >= 4 is 0 Å². The highest BCUT2D eigenvalue weighted by molar-refractivity contribution is 5.76. The van der Waals surface area contributed by atoms with Crippen LogP contribution in [-0.2, 0) is 0 Å². The molecule has 2 rings (SSSR count). The van der Waals surface area contributed by atoms with Gasteiger partial charge in [0.05, 0.1) is 0 Å². The summed E-state index contributed by atoms with van der Waals surface area (Å²) in [7, 11) is 0. The Kier molecular flexibility index (Phi) is 4.03. The fourth-order valence-corrected chi connectivity index (χ4v) is 2.79. The number of benzene rings is 2. The molecule has 0 saturated carbocycles. The van der Waals surface area contributed by atoms with E-state index in [1.807, 2.05) is 24.3 Å². The van der Waals surface area contributed by atoms with E-state index < -0.39 is 0 Å². The van der Waals surface area contributed by atoms with Gasteiger partial charge >= 0.3 is 0 Å². The molecule has 2 heteroatoms. The van der Waals surface area contributed by atoms with E-state index in [9.17, 15) is 10.2 Å². The van der Waals surface area contributed by atoms with E-state index in [2.05, 4.69) is 27.7 Å². The normalized spacial score (nSPS) is 11.3. The Labute approximate surface area is 120 Å². The quantitative estimate of drug-likeness (QED) is 0.822. The minimum absolute atomic E-state index is 0.216. The Morgan fingerprint density at radius 3 is 1.30 bits per heavy atom. The first-order chi connectivity index (χ1) is 9.43. The molecule has 2 nitrogen and oxygen atoms in total. The van der Waals surface area contributed by atoms with E-state index in [4.69, 9.17) is 0 Å². The van der Waals surface area contributed by atoms with Gasteiger partial charge in [0.15, 0.2) is 0 Å². The largest absolute Gasteiger partial charge is 0.508 e. The molecule has 20 heavy (non-hydrogen) atoms. The van der Waals surface area contributed by atoms with Crippen LogP contribution in [0.3, 0.4) is 0 Å². The molecule has 0 aromatic heterocycles. The maximum atomic E-state index is 10.2. The Morgan fingerprint density at radius 1 is 0.650 bits per heavy atom. The average Bonchev–Trinajstić information content (AvgIpc) is 2.37. The molecule has 0 aliphatic heterocycles. The standard InChI is InChI=1S/C18H22O2/c1-11(2)17-13(7-5-9-15(17)19)14-8-6-10-16(20)18(14)12(3)4/h5-12,19-20H,1-4H3. The molecule has 0 radical (unpaired) electrons. The van der Waals surface area contributed by atoms with Gasteiger partial charge in [-0.05, 0) is 35.1 Å². The lowest BCUT2D eigenvalue weighted by Gasteiger charge is -2.19. The molecule has 0 aliphatic carbocycles. The monoisotopic (exact) mass is 270 g/mol. The molecule has 0 atom stereocenters.